The lowest BCUT2D eigenvalue weighted by Crippen LogP contribution is -2.13. The summed E-state index contributed by atoms with van der Waals surface area (Å²) in [6, 6.07) is 9.93. The Balaban J connectivity index is 2.01. The molecule has 1 aromatic carbocycles. The lowest BCUT2D eigenvalue weighted by atomic mass is 10.1. The van der Waals surface area contributed by atoms with Crippen molar-refractivity contribution in [1.82, 2.24) is 5.32 Å². The molecule has 0 aliphatic carbocycles. The Bertz CT molecular complexity index is 482. The Morgan fingerprint density at radius 3 is 2.93 bits per heavy atom. The quantitative estimate of drug-likeness (QED) is 0.767. The third-order valence-electron chi connectivity index (χ3n) is 2.82. The van der Waals surface area contributed by atoms with Gasteiger partial charge in [-0.3, -0.25) is 4.79 Å². The van der Waals surface area contributed by atoms with Crippen LogP contribution in [0.4, 0.5) is 0 Å². The first kappa shape index (κ1) is 8.53. The van der Waals surface area contributed by atoms with Crippen molar-refractivity contribution in [1.29, 1.82) is 0 Å². The van der Waals surface area contributed by atoms with Gasteiger partial charge in [0.2, 0.25) is 5.91 Å². The summed E-state index contributed by atoms with van der Waals surface area (Å²) in [7, 11) is 0. The van der Waals surface area contributed by atoms with Crippen molar-refractivity contribution < 1.29 is 9.21 Å². The van der Waals surface area contributed by atoms with E-state index in [2.05, 4.69) is 5.32 Å². The van der Waals surface area contributed by atoms with E-state index in [-0.39, 0.29) is 11.8 Å². The second-order valence-corrected chi connectivity index (χ2v) is 3.89. The minimum atomic E-state index is 0.112. The van der Waals surface area contributed by atoms with Gasteiger partial charge in [-0.05, 0) is 12.1 Å². The van der Waals surface area contributed by atoms with Gasteiger partial charge in [-0.2, -0.15) is 0 Å². The standard InChI is InChI=1S/C12H11NO2/c14-12-6-9(7-13-12)11-5-8-3-1-2-4-10(8)15-11/h1-5,9H,6-7H2,(H,13,14). The topological polar surface area (TPSA) is 42.2 Å². The van der Waals surface area contributed by atoms with E-state index in [9.17, 15) is 4.79 Å². The SMILES string of the molecule is O=C1CC(c2cc3ccccc3o2)CN1. The Morgan fingerprint density at radius 2 is 2.20 bits per heavy atom. The molecule has 0 radical (unpaired) electrons. The number of nitrogens with one attached hydrogen (secondary N) is 1. The van der Waals surface area contributed by atoms with Crippen LogP contribution in [0.15, 0.2) is 34.7 Å². The molecule has 1 fully saturated rings. The van der Waals surface area contributed by atoms with E-state index in [1.54, 1.807) is 0 Å². The van der Waals surface area contributed by atoms with E-state index >= 15 is 0 Å². The molecule has 1 amide bonds. The number of carbonyl (C=O) groups is 1. The van der Waals surface area contributed by atoms with Crippen molar-refractivity contribution in [3.8, 4) is 0 Å². The number of fused-ring (bicyclic) bond motifs is 1. The number of hydrogen-bond acceptors (Lipinski definition) is 2. The first-order chi connectivity index (χ1) is 7.33. The Hall–Kier alpha value is -1.77. The molecule has 1 aromatic heterocycles. The zero-order valence-electron chi connectivity index (χ0n) is 8.19. The van der Waals surface area contributed by atoms with Crippen LogP contribution in [0.5, 0.6) is 0 Å². The monoisotopic (exact) mass is 201 g/mol. The minimum Gasteiger partial charge on any atom is -0.461 e. The van der Waals surface area contributed by atoms with E-state index in [0.29, 0.717) is 13.0 Å². The molecule has 1 atom stereocenters. The lowest BCUT2D eigenvalue weighted by molar-refractivity contribution is -0.119. The number of amides is 1. The van der Waals surface area contributed by atoms with Crippen LogP contribution in [-0.4, -0.2) is 12.5 Å². The van der Waals surface area contributed by atoms with Gasteiger partial charge in [0.1, 0.15) is 11.3 Å². The van der Waals surface area contributed by atoms with Crippen molar-refractivity contribution in [3.05, 3.63) is 36.1 Å². The molecule has 2 aromatic rings. The van der Waals surface area contributed by atoms with Gasteiger partial charge >= 0.3 is 0 Å². The fourth-order valence-corrected chi connectivity index (χ4v) is 2.01. The molecule has 1 aliphatic rings. The number of benzene rings is 1. The van der Waals surface area contributed by atoms with E-state index < -0.39 is 0 Å². The van der Waals surface area contributed by atoms with Crippen LogP contribution in [-0.2, 0) is 4.79 Å². The van der Waals surface area contributed by atoms with Crippen LogP contribution < -0.4 is 5.32 Å². The largest absolute Gasteiger partial charge is 0.461 e. The van der Waals surface area contributed by atoms with Gasteiger partial charge in [0.25, 0.3) is 0 Å². The van der Waals surface area contributed by atoms with Crippen LogP contribution in [0, 0.1) is 0 Å². The highest BCUT2D eigenvalue weighted by atomic mass is 16.3. The summed E-state index contributed by atoms with van der Waals surface area (Å²) < 4.78 is 5.71. The van der Waals surface area contributed by atoms with Crippen LogP contribution >= 0.6 is 0 Å². The molecule has 3 nitrogen and oxygen atoms in total. The first-order valence-electron chi connectivity index (χ1n) is 5.08. The van der Waals surface area contributed by atoms with Gasteiger partial charge < -0.3 is 9.73 Å². The van der Waals surface area contributed by atoms with Crippen molar-refractivity contribution >= 4 is 16.9 Å². The van der Waals surface area contributed by atoms with Crippen LogP contribution in [0.3, 0.4) is 0 Å². The van der Waals surface area contributed by atoms with Crippen molar-refractivity contribution in [2.24, 2.45) is 0 Å². The zero-order chi connectivity index (χ0) is 10.3. The predicted octanol–water partition coefficient (Wildman–Crippen LogP) is 2.04. The lowest BCUT2D eigenvalue weighted by Gasteiger charge is -2.00. The Labute approximate surface area is 87.1 Å². The maximum absolute atomic E-state index is 11.1. The number of rotatable bonds is 1. The molecule has 3 heteroatoms. The maximum Gasteiger partial charge on any atom is 0.220 e. The molecule has 1 N–H and O–H groups in total. The summed E-state index contributed by atoms with van der Waals surface area (Å²) in [4.78, 5) is 11.1. The maximum atomic E-state index is 11.1. The third kappa shape index (κ3) is 1.40. The summed E-state index contributed by atoms with van der Waals surface area (Å²) in [5.74, 6) is 1.22. The number of para-hydroxylation sites is 1. The fourth-order valence-electron chi connectivity index (χ4n) is 2.01. The van der Waals surface area contributed by atoms with E-state index in [1.165, 1.54) is 0 Å². The highest BCUT2D eigenvalue weighted by molar-refractivity contribution is 5.81. The van der Waals surface area contributed by atoms with E-state index in [4.69, 9.17) is 4.42 Å². The van der Waals surface area contributed by atoms with Crippen molar-refractivity contribution in [2.45, 2.75) is 12.3 Å². The van der Waals surface area contributed by atoms with Gasteiger partial charge in [-0.1, -0.05) is 18.2 Å². The highest BCUT2D eigenvalue weighted by Gasteiger charge is 2.25. The Morgan fingerprint density at radius 1 is 1.33 bits per heavy atom. The molecule has 3 rings (SSSR count). The minimum absolute atomic E-state index is 0.112. The van der Waals surface area contributed by atoms with Gasteiger partial charge in [0.05, 0.1) is 0 Å². The van der Waals surface area contributed by atoms with Crippen LogP contribution in [0.1, 0.15) is 18.1 Å². The highest BCUT2D eigenvalue weighted by Crippen LogP contribution is 2.28. The molecule has 0 bridgehead atoms. The van der Waals surface area contributed by atoms with Gasteiger partial charge in [0, 0.05) is 24.3 Å². The van der Waals surface area contributed by atoms with Gasteiger partial charge in [-0.25, -0.2) is 0 Å². The molecular weight excluding hydrogens is 190 g/mol. The average Bonchev–Trinajstić information content (AvgIpc) is 2.82. The molecule has 0 spiro atoms. The molecule has 1 aliphatic heterocycles. The Kier molecular flexibility index (Phi) is 1.78. The summed E-state index contributed by atoms with van der Waals surface area (Å²) in [6.45, 7) is 0.693. The molecule has 1 unspecified atom stereocenters. The van der Waals surface area contributed by atoms with E-state index in [0.717, 1.165) is 16.7 Å². The smallest absolute Gasteiger partial charge is 0.220 e. The molecule has 1 saturated heterocycles. The number of carbonyl (C=O) groups excluding carboxylic acids is 1. The van der Waals surface area contributed by atoms with Crippen molar-refractivity contribution in [2.75, 3.05) is 6.54 Å². The number of hydrogen-bond donors (Lipinski definition) is 1. The third-order valence-corrected chi connectivity index (χ3v) is 2.82. The fraction of sp³-hybridized carbons (Fsp3) is 0.250. The van der Waals surface area contributed by atoms with Gasteiger partial charge in [0.15, 0.2) is 0 Å². The second kappa shape index (κ2) is 3.12. The molecule has 15 heavy (non-hydrogen) atoms. The summed E-state index contributed by atoms with van der Waals surface area (Å²) >= 11 is 0. The predicted molar refractivity (Wildman–Crippen MR) is 56.6 cm³/mol. The van der Waals surface area contributed by atoms with Gasteiger partial charge in [-0.15, -0.1) is 0 Å². The average molecular weight is 201 g/mol. The van der Waals surface area contributed by atoms with Crippen LogP contribution in [0.25, 0.3) is 11.0 Å². The summed E-state index contributed by atoms with van der Waals surface area (Å²) in [5, 5.41) is 3.92. The zero-order valence-corrected chi connectivity index (χ0v) is 8.19. The summed E-state index contributed by atoms with van der Waals surface area (Å²) in [6.07, 6.45) is 0.541. The summed E-state index contributed by atoms with van der Waals surface area (Å²) in [5.41, 5.74) is 0.895. The number of furan rings is 1. The molecule has 0 saturated carbocycles. The molecular formula is C12H11NO2. The van der Waals surface area contributed by atoms with E-state index in [1.807, 2.05) is 30.3 Å². The van der Waals surface area contributed by atoms with Crippen molar-refractivity contribution in [3.63, 3.8) is 0 Å². The second-order valence-electron chi connectivity index (χ2n) is 3.89. The van der Waals surface area contributed by atoms with Crippen LogP contribution in [0.2, 0.25) is 0 Å². The molecule has 2 heterocycles. The normalized spacial score (nSPS) is 20.8. The first-order valence-corrected chi connectivity index (χ1v) is 5.08. The molecule has 76 valence electrons.